The van der Waals surface area contributed by atoms with Crippen LogP contribution in [0.1, 0.15) is 11.1 Å². The van der Waals surface area contributed by atoms with Gasteiger partial charge in [0.1, 0.15) is 22.7 Å². The van der Waals surface area contributed by atoms with E-state index in [9.17, 15) is 0 Å². The lowest BCUT2D eigenvalue weighted by Gasteiger charge is -2.01. The number of para-hydroxylation sites is 2. The van der Waals surface area contributed by atoms with Crippen molar-refractivity contribution >= 4 is 118 Å². The highest BCUT2D eigenvalue weighted by Gasteiger charge is 2.15. The number of fused-ring (bicyclic) bond motifs is 2. The van der Waals surface area contributed by atoms with Crippen molar-refractivity contribution in [2.75, 3.05) is 0 Å². The molecule has 0 fully saturated rings. The Labute approximate surface area is 257 Å². The van der Waals surface area contributed by atoms with Crippen LogP contribution < -0.4 is 0 Å². The number of nitrogens with zero attached hydrogens (tertiary/aromatic N) is 2. The molecule has 10 heteroatoms. The number of hydrogen-bond donors (Lipinski definition) is 2. The Bertz CT molecular complexity index is 1610. The van der Waals surface area contributed by atoms with Crippen LogP contribution in [0.4, 0.5) is 0 Å². The van der Waals surface area contributed by atoms with E-state index in [0.29, 0.717) is 0 Å². The van der Waals surface area contributed by atoms with Crippen LogP contribution >= 0.6 is 95.6 Å². The fraction of sp³-hybridized carbons (Fsp3) is 0.0769. The molecule has 2 aromatic heterocycles. The van der Waals surface area contributed by atoms with Gasteiger partial charge in [-0.25, -0.2) is 9.97 Å². The molecule has 2 N–H and O–H groups in total. The second-order valence-electron chi connectivity index (χ2n) is 7.65. The van der Waals surface area contributed by atoms with E-state index in [1.807, 2.05) is 54.6 Å². The van der Waals surface area contributed by atoms with Crippen LogP contribution in [0.2, 0.25) is 0 Å². The summed E-state index contributed by atoms with van der Waals surface area (Å²) in [5, 5.41) is 0. The summed E-state index contributed by atoms with van der Waals surface area (Å²) >= 11 is 20.5. The molecule has 4 nitrogen and oxygen atoms in total. The van der Waals surface area contributed by atoms with Crippen molar-refractivity contribution in [1.82, 2.24) is 19.9 Å². The third-order valence-electron chi connectivity index (χ3n) is 5.11. The van der Waals surface area contributed by atoms with Crippen LogP contribution in [0.3, 0.4) is 0 Å². The summed E-state index contributed by atoms with van der Waals surface area (Å²) in [6.07, 6.45) is 0. The van der Waals surface area contributed by atoms with Crippen LogP contribution in [0.5, 0.6) is 0 Å². The predicted molar refractivity (Wildman–Crippen MR) is 169 cm³/mol. The number of aromatic amines is 2. The predicted octanol–water partition coefficient (Wildman–Crippen LogP) is 9.15. The van der Waals surface area contributed by atoms with Gasteiger partial charge in [-0.1, -0.05) is 54.0 Å². The minimum Gasteiger partial charge on any atom is -0.338 e. The highest BCUT2D eigenvalue weighted by atomic mass is 80.0. The fourth-order valence-electron chi connectivity index (χ4n) is 3.63. The van der Waals surface area contributed by atoms with Crippen molar-refractivity contribution in [3.63, 3.8) is 0 Å². The van der Waals surface area contributed by atoms with Gasteiger partial charge in [-0.3, -0.25) is 0 Å². The van der Waals surface area contributed by atoms with Gasteiger partial charge < -0.3 is 9.97 Å². The molecular weight excluding hydrogens is 848 g/mol. The van der Waals surface area contributed by atoms with Crippen molar-refractivity contribution in [3.05, 3.63) is 71.8 Å². The van der Waals surface area contributed by atoms with E-state index < -0.39 is 4.29 Å². The highest BCUT2D eigenvalue weighted by molar-refractivity contribution is 9.40. The highest BCUT2D eigenvalue weighted by Crippen LogP contribution is 2.34. The van der Waals surface area contributed by atoms with Crippen LogP contribution in [0, 0.1) is 23.7 Å². The summed E-state index contributed by atoms with van der Waals surface area (Å²) in [6.45, 7) is 0. The van der Waals surface area contributed by atoms with E-state index >= 15 is 0 Å². The molecule has 0 saturated carbocycles. The van der Waals surface area contributed by atoms with Crippen molar-refractivity contribution in [1.29, 1.82) is 0 Å². The van der Waals surface area contributed by atoms with E-state index in [4.69, 9.17) is 9.97 Å². The first-order chi connectivity index (χ1) is 17.1. The first-order valence-electron chi connectivity index (χ1n) is 10.3. The van der Waals surface area contributed by atoms with Gasteiger partial charge in [0, 0.05) is 11.1 Å². The maximum Gasteiger partial charge on any atom is 0.195 e. The quantitative estimate of drug-likeness (QED) is 0.138. The zero-order valence-corrected chi connectivity index (χ0v) is 27.5. The molecule has 0 amide bonds. The van der Waals surface area contributed by atoms with E-state index in [-0.39, 0.29) is 0 Å². The molecule has 0 aliphatic rings. The molecule has 0 spiro atoms. The van der Waals surface area contributed by atoms with Gasteiger partial charge in [-0.05, 0) is 126 Å². The lowest BCUT2D eigenvalue weighted by molar-refractivity contribution is 1.31. The molecule has 2 heterocycles. The summed E-state index contributed by atoms with van der Waals surface area (Å²) in [6, 6.07) is 19.9. The summed E-state index contributed by atoms with van der Waals surface area (Å²) in [5.74, 6) is 14.0. The fourth-order valence-corrected chi connectivity index (χ4v) is 4.22. The Morgan fingerprint density at radius 1 is 0.583 bits per heavy atom. The molecule has 0 aliphatic heterocycles. The van der Waals surface area contributed by atoms with Crippen molar-refractivity contribution in [2.24, 2.45) is 0 Å². The zero-order chi connectivity index (χ0) is 25.5. The van der Waals surface area contributed by atoms with Gasteiger partial charge in [-0.15, -0.1) is 0 Å². The summed E-state index contributed by atoms with van der Waals surface area (Å²) in [4.78, 5) is 16.5. The summed E-state index contributed by atoms with van der Waals surface area (Å²) in [7, 11) is 0. The van der Waals surface area contributed by atoms with Gasteiger partial charge in [0.25, 0.3) is 0 Å². The molecule has 36 heavy (non-hydrogen) atoms. The third-order valence-corrected chi connectivity index (χ3v) is 6.30. The molecule has 178 valence electrons. The Kier molecular flexibility index (Phi) is 7.57. The maximum absolute atomic E-state index is 4.86. The molecule has 0 atom stereocenters. The molecule has 0 radical (unpaired) electrons. The Morgan fingerprint density at radius 3 is 1.42 bits per heavy atom. The SMILES string of the molecule is BrC(Br)(Br)C#Cc1cccc2[nH]c(-c3cccc(-c4nc5c(C#CC(Br)(Br)Br)cccc5[nH]4)c3)nc12. The van der Waals surface area contributed by atoms with Gasteiger partial charge in [0.15, 0.2) is 4.29 Å². The minimum atomic E-state index is -0.638. The second-order valence-corrected chi connectivity index (χ2v) is 21.2. The maximum atomic E-state index is 4.86. The van der Waals surface area contributed by atoms with Gasteiger partial charge in [0.05, 0.1) is 22.2 Å². The Hall–Kier alpha value is -1.40. The summed E-state index contributed by atoms with van der Waals surface area (Å²) < 4.78 is -1.28. The second kappa shape index (κ2) is 10.4. The largest absolute Gasteiger partial charge is 0.338 e. The lowest BCUT2D eigenvalue weighted by atomic mass is 10.1. The average Bonchev–Trinajstić information content (AvgIpc) is 3.45. The van der Waals surface area contributed by atoms with Crippen molar-refractivity contribution in [3.8, 4) is 46.5 Å². The number of imidazole rings is 2. The van der Waals surface area contributed by atoms with Crippen molar-refractivity contribution < 1.29 is 0 Å². The van der Waals surface area contributed by atoms with E-state index in [1.54, 1.807) is 0 Å². The van der Waals surface area contributed by atoms with Gasteiger partial charge in [-0.2, -0.15) is 0 Å². The van der Waals surface area contributed by atoms with Gasteiger partial charge >= 0.3 is 0 Å². The lowest BCUT2D eigenvalue weighted by Crippen LogP contribution is -1.92. The smallest absolute Gasteiger partial charge is 0.195 e. The molecular formula is C26H12Br6N4. The number of alkyl halides is 6. The number of hydrogen-bond acceptors (Lipinski definition) is 2. The minimum absolute atomic E-state index is 0.638. The van der Waals surface area contributed by atoms with E-state index in [0.717, 1.165) is 56.0 Å². The summed E-state index contributed by atoms with van der Waals surface area (Å²) in [5.41, 5.74) is 7.02. The molecule has 0 saturated heterocycles. The number of aromatic nitrogens is 4. The number of nitrogens with one attached hydrogen (secondary N) is 2. The average molecular weight is 860 g/mol. The topological polar surface area (TPSA) is 57.4 Å². The van der Waals surface area contributed by atoms with Gasteiger partial charge in [0.2, 0.25) is 0 Å². The van der Waals surface area contributed by atoms with E-state index in [2.05, 4.69) is 135 Å². The van der Waals surface area contributed by atoms with Crippen LogP contribution in [-0.4, -0.2) is 24.2 Å². The van der Waals surface area contributed by atoms with Crippen molar-refractivity contribution in [2.45, 2.75) is 4.29 Å². The normalized spacial score (nSPS) is 11.7. The molecule has 5 aromatic rings. The number of benzene rings is 3. The number of H-pyrrole nitrogens is 2. The van der Waals surface area contributed by atoms with Crippen LogP contribution in [0.15, 0.2) is 60.7 Å². The molecule has 0 aliphatic carbocycles. The molecule has 0 bridgehead atoms. The van der Waals surface area contributed by atoms with Crippen LogP contribution in [0.25, 0.3) is 44.8 Å². The molecule has 5 rings (SSSR count). The molecule has 0 unspecified atom stereocenters. The standard InChI is InChI=1S/C26H12Br6N4/c27-25(28,29)12-10-15-4-2-8-19-21(15)35-23(33-19)17-6-1-7-18(14-17)24-34-20-9-3-5-16(22(20)36-24)11-13-26(30,31)32/h1-9,14H,(H,33,35)(H,34,36). The third kappa shape index (κ3) is 6.18. The Balaban J connectivity index is 1.54. The molecule has 3 aromatic carbocycles. The first-order valence-corrected chi connectivity index (χ1v) is 15.1. The first kappa shape index (κ1) is 26.2. The van der Waals surface area contributed by atoms with Crippen LogP contribution in [-0.2, 0) is 0 Å². The monoisotopic (exact) mass is 854 g/mol. The zero-order valence-electron chi connectivity index (χ0n) is 17.9. The number of halogens is 6. The van der Waals surface area contributed by atoms with E-state index in [1.165, 1.54) is 0 Å². The number of rotatable bonds is 2. The Morgan fingerprint density at radius 2 is 1.00 bits per heavy atom.